The Kier molecular flexibility index (Phi) is 4.00. The fourth-order valence-electron chi connectivity index (χ4n) is 2.65. The summed E-state index contributed by atoms with van der Waals surface area (Å²) in [5, 5.41) is 15.7. The van der Waals surface area contributed by atoms with E-state index in [2.05, 4.69) is 42.9 Å². The average Bonchev–Trinajstić information content (AvgIpc) is 3.43. The normalized spacial score (nSPS) is 11.2. The number of aromatic nitrogens is 5. The summed E-state index contributed by atoms with van der Waals surface area (Å²) in [5.74, 6) is 0.837. The zero-order valence-electron chi connectivity index (χ0n) is 13.3. The number of para-hydroxylation sites is 1. The lowest BCUT2D eigenvalue weighted by molar-refractivity contribution is 0.884. The molecule has 5 nitrogen and oxygen atoms in total. The van der Waals surface area contributed by atoms with E-state index in [0.717, 1.165) is 36.8 Å². The van der Waals surface area contributed by atoms with Crippen molar-refractivity contribution in [1.82, 2.24) is 24.7 Å². The van der Waals surface area contributed by atoms with Crippen LogP contribution in [0.3, 0.4) is 0 Å². The van der Waals surface area contributed by atoms with Crippen molar-refractivity contribution in [3.05, 3.63) is 65.6 Å². The summed E-state index contributed by atoms with van der Waals surface area (Å²) in [6, 6.07) is 16.3. The zero-order valence-corrected chi connectivity index (χ0v) is 15.8. The Morgan fingerprint density at radius 2 is 1.77 bits per heavy atom. The monoisotopic (exact) mass is 393 g/mol. The van der Waals surface area contributed by atoms with Crippen LogP contribution in [0.25, 0.3) is 26.6 Å². The van der Waals surface area contributed by atoms with Gasteiger partial charge in [-0.25, -0.2) is 9.97 Å². The molecule has 0 unspecified atom stereocenters. The second-order valence-electron chi connectivity index (χ2n) is 5.37. The van der Waals surface area contributed by atoms with Gasteiger partial charge in [-0.1, -0.05) is 24.3 Å². The highest BCUT2D eigenvalue weighted by Gasteiger charge is 2.19. The Labute approximate surface area is 161 Å². The van der Waals surface area contributed by atoms with Crippen molar-refractivity contribution in [3.63, 3.8) is 0 Å². The molecule has 8 heteroatoms. The fraction of sp³-hybridized carbons (Fsp3) is 0. The maximum absolute atomic E-state index is 4.46. The molecule has 0 spiro atoms. The Morgan fingerprint density at radius 1 is 0.846 bits per heavy atom. The van der Waals surface area contributed by atoms with Crippen LogP contribution in [0.4, 0.5) is 0 Å². The van der Waals surface area contributed by atoms with Crippen LogP contribution in [-0.2, 0) is 0 Å². The molecule has 1 aromatic carbocycles. The van der Waals surface area contributed by atoms with Gasteiger partial charge in [0.1, 0.15) is 16.2 Å². The molecule has 126 valence electrons. The molecule has 4 aromatic heterocycles. The topological polar surface area (TPSA) is 56.5 Å². The van der Waals surface area contributed by atoms with Gasteiger partial charge in [-0.2, -0.15) is 0 Å². The number of benzene rings is 1. The van der Waals surface area contributed by atoms with Gasteiger partial charge in [-0.15, -0.1) is 32.9 Å². The van der Waals surface area contributed by atoms with E-state index in [0.29, 0.717) is 0 Å². The highest BCUT2D eigenvalue weighted by molar-refractivity contribution is 7.99. The maximum Gasteiger partial charge on any atom is 0.202 e. The first-order valence-electron chi connectivity index (χ1n) is 7.81. The predicted octanol–water partition coefficient (Wildman–Crippen LogP) is 5.15. The van der Waals surface area contributed by atoms with E-state index in [1.165, 1.54) is 11.8 Å². The minimum Gasteiger partial charge on any atom is -0.269 e. The summed E-state index contributed by atoms with van der Waals surface area (Å²) in [4.78, 5) is 10.8. The van der Waals surface area contributed by atoms with Gasteiger partial charge in [-0.3, -0.25) is 4.57 Å². The number of rotatable bonds is 4. The van der Waals surface area contributed by atoms with Crippen LogP contribution in [0.15, 0.2) is 75.8 Å². The molecule has 0 aliphatic heterocycles. The van der Waals surface area contributed by atoms with Crippen LogP contribution in [-0.4, -0.2) is 24.7 Å². The van der Waals surface area contributed by atoms with E-state index in [9.17, 15) is 0 Å². The molecule has 5 aromatic rings. The van der Waals surface area contributed by atoms with E-state index in [1.54, 1.807) is 29.0 Å². The van der Waals surface area contributed by atoms with Crippen molar-refractivity contribution in [1.29, 1.82) is 0 Å². The third kappa shape index (κ3) is 2.72. The predicted molar refractivity (Wildman–Crippen MR) is 106 cm³/mol. The average molecular weight is 394 g/mol. The van der Waals surface area contributed by atoms with E-state index in [1.807, 2.05) is 41.1 Å². The largest absolute Gasteiger partial charge is 0.269 e. The van der Waals surface area contributed by atoms with Crippen LogP contribution >= 0.6 is 34.4 Å². The van der Waals surface area contributed by atoms with Crippen molar-refractivity contribution >= 4 is 44.7 Å². The second-order valence-corrected chi connectivity index (χ2v) is 8.17. The molecule has 0 aliphatic rings. The lowest BCUT2D eigenvalue weighted by Gasteiger charge is -2.09. The van der Waals surface area contributed by atoms with E-state index in [4.69, 9.17) is 0 Å². The molecule has 0 radical (unpaired) electrons. The van der Waals surface area contributed by atoms with Crippen LogP contribution < -0.4 is 0 Å². The van der Waals surface area contributed by atoms with Crippen LogP contribution in [0, 0.1) is 0 Å². The van der Waals surface area contributed by atoms with Crippen molar-refractivity contribution in [3.8, 4) is 16.4 Å². The van der Waals surface area contributed by atoms with Gasteiger partial charge >= 0.3 is 0 Å². The molecular weight excluding hydrogens is 382 g/mol. The fourth-order valence-corrected chi connectivity index (χ4v) is 5.05. The van der Waals surface area contributed by atoms with Gasteiger partial charge in [0.15, 0.2) is 5.82 Å². The number of hydrogen-bond donors (Lipinski definition) is 0. The first-order valence-corrected chi connectivity index (χ1v) is 10.4. The van der Waals surface area contributed by atoms with Gasteiger partial charge in [0.25, 0.3) is 0 Å². The third-order valence-corrected chi connectivity index (χ3v) is 6.45. The summed E-state index contributed by atoms with van der Waals surface area (Å²) in [6.07, 6.45) is 1.60. The molecular formula is C18H11N5S3. The lowest BCUT2D eigenvalue weighted by Crippen LogP contribution is -1.98. The third-order valence-electron chi connectivity index (χ3n) is 3.80. The smallest absolute Gasteiger partial charge is 0.202 e. The summed E-state index contributed by atoms with van der Waals surface area (Å²) < 4.78 is 2.08. The Hall–Kier alpha value is -2.55. The molecule has 0 aliphatic carbocycles. The Morgan fingerprint density at radius 3 is 2.62 bits per heavy atom. The summed E-state index contributed by atoms with van der Waals surface area (Å²) in [7, 11) is 0. The number of nitrogens with zero attached hydrogens (tertiary/aromatic N) is 5. The van der Waals surface area contributed by atoms with Crippen LogP contribution in [0.5, 0.6) is 0 Å². The second kappa shape index (κ2) is 6.64. The van der Waals surface area contributed by atoms with Crippen molar-refractivity contribution in [2.75, 3.05) is 0 Å². The van der Waals surface area contributed by atoms with E-state index >= 15 is 0 Å². The number of thiophene rings is 2. The first-order chi connectivity index (χ1) is 12.9. The zero-order chi connectivity index (χ0) is 17.3. The standard InChI is InChI=1S/C18H11N5S3/c1-2-5-12(6-3-1)23-15(14-7-4-9-24-14)21-22-18(23)26-17-13-8-10-25-16(13)19-11-20-17/h1-11H. The highest BCUT2D eigenvalue weighted by atomic mass is 32.2. The number of hydrogen-bond acceptors (Lipinski definition) is 7. The Bertz CT molecular complexity index is 1160. The Balaban J connectivity index is 1.66. The maximum atomic E-state index is 4.46. The van der Waals surface area contributed by atoms with Crippen molar-refractivity contribution in [2.24, 2.45) is 0 Å². The molecule has 0 atom stereocenters. The van der Waals surface area contributed by atoms with Gasteiger partial charge < -0.3 is 0 Å². The number of fused-ring (bicyclic) bond motifs is 1. The SMILES string of the molecule is c1ccc(-n2c(Sc3ncnc4sccc34)nnc2-c2cccs2)cc1. The van der Waals surface area contributed by atoms with Gasteiger partial charge in [0.05, 0.1) is 4.88 Å². The molecule has 0 fully saturated rings. The molecule has 26 heavy (non-hydrogen) atoms. The summed E-state index contributed by atoms with van der Waals surface area (Å²) >= 11 is 4.77. The molecule has 0 saturated heterocycles. The summed E-state index contributed by atoms with van der Waals surface area (Å²) in [5.41, 5.74) is 1.03. The van der Waals surface area contributed by atoms with Gasteiger partial charge in [0, 0.05) is 11.1 Å². The van der Waals surface area contributed by atoms with Gasteiger partial charge in [0.2, 0.25) is 5.16 Å². The minimum absolute atomic E-state index is 0.783. The molecule has 0 bridgehead atoms. The first kappa shape index (κ1) is 15.7. The minimum atomic E-state index is 0.783. The van der Waals surface area contributed by atoms with Crippen LogP contribution in [0.2, 0.25) is 0 Å². The van der Waals surface area contributed by atoms with Crippen LogP contribution in [0.1, 0.15) is 0 Å². The van der Waals surface area contributed by atoms with Crippen molar-refractivity contribution in [2.45, 2.75) is 10.2 Å². The van der Waals surface area contributed by atoms with Gasteiger partial charge in [-0.05, 0) is 46.8 Å². The lowest BCUT2D eigenvalue weighted by atomic mass is 10.3. The quantitative estimate of drug-likeness (QED) is 0.395. The summed E-state index contributed by atoms with van der Waals surface area (Å²) in [6.45, 7) is 0. The van der Waals surface area contributed by atoms with E-state index < -0.39 is 0 Å². The van der Waals surface area contributed by atoms with E-state index in [-0.39, 0.29) is 0 Å². The molecule has 0 N–H and O–H groups in total. The van der Waals surface area contributed by atoms with Crippen molar-refractivity contribution < 1.29 is 0 Å². The highest BCUT2D eigenvalue weighted by Crippen LogP contribution is 2.36. The molecule has 0 amide bonds. The molecule has 0 saturated carbocycles. The molecule has 5 rings (SSSR count). The molecule has 4 heterocycles.